The van der Waals surface area contributed by atoms with Crippen LogP contribution in [0.2, 0.25) is 0 Å². The zero-order chi connectivity index (χ0) is 15.6. The minimum absolute atomic E-state index is 0.140. The van der Waals surface area contributed by atoms with Crippen molar-refractivity contribution in [2.75, 3.05) is 13.2 Å². The van der Waals surface area contributed by atoms with Crippen molar-refractivity contribution in [2.45, 2.75) is 77.2 Å². The van der Waals surface area contributed by atoms with E-state index in [1.807, 2.05) is 5.06 Å². The van der Waals surface area contributed by atoms with E-state index in [1.54, 1.807) is 19.9 Å². The number of nitrogens with zero attached hydrogens (tertiary/aromatic N) is 1. The maximum absolute atomic E-state index is 9.87. The Morgan fingerprint density at radius 2 is 1.75 bits per heavy atom. The highest BCUT2D eigenvalue weighted by molar-refractivity contribution is 4.97. The zero-order valence-corrected chi connectivity index (χ0v) is 13.9. The van der Waals surface area contributed by atoms with Crippen LogP contribution in [0.25, 0.3) is 0 Å². The lowest BCUT2D eigenvalue weighted by molar-refractivity contribution is -0.307. The molecule has 0 unspecified atom stereocenters. The number of aliphatic hydroxyl groups is 1. The van der Waals surface area contributed by atoms with Crippen molar-refractivity contribution in [3.8, 4) is 0 Å². The fraction of sp³-hybridized carbons (Fsp3) is 0.875. The number of piperidine rings is 1. The van der Waals surface area contributed by atoms with Gasteiger partial charge in [0.15, 0.2) is 0 Å². The van der Waals surface area contributed by atoms with E-state index < -0.39 is 5.60 Å². The van der Waals surface area contributed by atoms with Gasteiger partial charge in [0.05, 0.1) is 24.9 Å². The van der Waals surface area contributed by atoms with Gasteiger partial charge in [-0.05, 0) is 54.4 Å². The molecule has 0 spiro atoms. The van der Waals surface area contributed by atoms with Gasteiger partial charge in [-0.1, -0.05) is 6.08 Å². The molecule has 4 heteroatoms. The van der Waals surface area contributed by atoms with Gasteiger partial charge < -0.3 is 9.84 Å². The van der Waals surface area contributed by atoms with E-state index in [0.717, 1.165) is 12.8 Å². The Labute approximate surface area is 123 Å². The van der Waals surface area contributed by atoms with Crippen molar-refractivity contribution in [3.63, 3.8) is 0 Å². The molecule has 0 atom stereocenters. The van der Waals surface area contributed by atoms with Gasteiger partial charge >= 0.3 is 0 Å². The first-order valence-corrected chi connectivity index (χ1v) is 7.36. The average molecular weight is 285 g/mol. The summed E-state index contributed by atoms with van der Waals surface area (Å²) in [4.78, 5) is 5.94. The van der Waals surface area contributed by atoms with Gasteiger partial charge in [-0.25, -0.2) is 0 Å². The van der Waals surface area contributed by atoms with Gasteiger partial charge in [0.2, 0.25) is 0 Å². The van der Waals surface area contributed by atoms with E-state index in [2.05, 4.69) is 34.3 Å². The van der Waals surface area contributed by atoms with E-state index >= 15 is 0 Å². The lowest BCUT2D eigenvalue weighted by Crippen LogP contribution is -2.62. The Hall–Kier alpha value is -0.420. The summed E-state index contributed by atoms with van der Waals surface area (Å²) >= 11 is 0. The van der Waals surface area contributed by atoms with Gasteiger partial charge in [-0.2, -0.15) is 5.06 Å². The summed E-state index contributed by atoms with van der Waals surface area (Å²) in [5.74, 6) is 0. The summed E-state index contributed by atoms with van der Waals surface area (Å²) in [7, 11) is 0. The molecule has 0 aromatic carbocycles. The monoisotopic (exact) mass is 285 g/mol. The van der Waals surface area contributed by atoms with Crippen molar-refractivity contribution in [1.82, 2.24) is 5.06 Å². The normalized spacial score (nSPS) is 23.8. The molecule has 0 saturated carbocycles. The largest absolute Gasteiger partial charge is 0.388 e. The fourth-order valence-corrected chi connectivity index (χ4v) is 3.07. The Balaban J connectivity index is 2.77. The smallest absolute Gasteiger partial charge is 0.0967 e. The number of hydroxylamine groups is 2. The Morgan fingerprint density at radius 3 is 2.15 bits per heavy atom. The molecule has 0 aromatic rings. The Bertz CT molecular complexity index is 313. The number of rotatable bonds is 6. The van der Waals surface area contributed by atoms with Crippen molar-refractivity contribution in [2.24, 2.45) is 0 Å². The fourth-order valence-electron chi connectivity index (χ4n) is 3.07. The third kappa shape index (κ3) is 4.85. The van der Waals surface area contributed by atoms with Crippen LogP contribution in [-0.4, -0.2) is 46.2 Å². The Morgan fingerprint density at radius 1 is 1.25 bits per heavy atom. The molecule has 20 heavy (non-hydrogen) atoms. The molecule has 0 amide bonds. The molecule has 0 bridgehead atoms. The molecular weight excluding hydrogens is 254 g/mol. The maximum atomic E-state index is 9.87. The first kappa shape index (κ1) is 17.6. The second-order valence-corrected chi connectivity index (χ2v) is 7.66. The summed E-state index contributed by atoms with van der Waals surface area (Å²) in [6, 6.07) is 0. The van der Waals surface area contributed by atoms with Crippen molar-refractivity contribution in [3.05, 3.63) is 12.7 Å². The van der Waals surface area contributed by atoms with E-state index in [4.69, 9.17) is 9.57 Å². The van der Waals surface area contributed by atoms with E-state index in [0.29, 0.717) is 6.61 Å². The van der Waals surface area contributed by atoms with E-state index in [9.17, 15) is 5.11 Å². The third-order valence-electron chi connectivity index (χ3n) is 3.55. The summed E-state index contributed by atoms with van der Waals surface area (Å²) in [6.45, 7) is 16.7. The molecule has 1 aliphatic heterocycles. The molecule has 4 nitrogen and oxygen atoms in total. The molecule has 1 N–H and O–H groups in total. The molecular formula is C16H31NO3. The van der Waals surface area contributed by atoms with Crippen LogP contribution in [0, 0.1) is 0 Å². The second-order valence-electron chi connectivity index (χ2n) is 7.66. The first-order valence-electron chi connectivity index (χ1n) is 7.36. The van der Waals surface area contributed by atoms with Gasteiger partial charge in [0.1, 0.15) is 0 Å². The van der Waals surface area contributed by atoms with Crippen LogP contribution in [0.15, 0.2) is 12.7 Å². The number of hydrogen-bond acceptors (Lipinski definition) is 4. The third-order valence-corrected chi connectivity index (χ3v) is 3.55. The highest BCUT2D eigenvalue weighted by Crippen LogP contribution is 2.40. The van der Waals surface area contributed by atoms with Gasteiger partial charge in [-0.15, -0.1) is 6.58 Å². The van der Waals surface area contributed by atoms with Gasteiger partial charge in [0, 0.05) is 11.1 Å². The molecule has 118 valence electrons. The van der Waals surface area contributed by atoms with Crippen LogP contribution in [0.5, 0.6) is 0 Å². The summed E-state index contributed by atoms with van der Waals surface area (Å²) in [5.41, 5.74) is -1.11. The van der Waals surface area contributed by atoms with Gasteiger partial charge in [-0.3, -0.25) is 4.84 Å². The lowest BCUT2D eigenvalue weighted by Gasteiger charge is -2.53. The van der Waals surface area contributed by atoms with Crippen LogP contribution in [0.1, 0.15) is 54.4 Å². The van der Waals surface area contributed by atoms with Crippen molar-refractivity contribution in [1.29, 1.82) is 0 Å². The number of hydrogen-bond donors (Lipinski definition) is 1. The van der Waals surface area contributed by atoms with Crippen molar-refractivity contribution >= 4 is 0 Å². The molecule has 1 heterocycles. The van der Waals surface area contributed by atoms with Crippen LogP contribution in [0.4, 0.5) is 0 Å². The summed E-state index contributed by atoms with van der Waals surface area (Å²) in [5, 5.41) is 11.9. The molecule has 1 saturated heterocycles. The minimum atomic E-state index is -0.831. The van der Waals surface area contributed by atoms with Crippen molar-refractivity contribution < 1.29 is 14.7 Å². The second kappa shape index (κ2) is 6.14. The Kier molecular flexibility index (Phi) is 5.41. The molecule has 1 fully saturated rings. The summed E-state index contributed by atoms with van der Waals surface area (Å²) < 4.78 is 5.85. The van der Waals surface area contributed by atoms with Crippen LogP contribution < -0.4 is 0 Å². The van der Waals surface area contributed by atoms with Gasteiger partial charge in [0.25, 0.3) is 0 Å². The maximum Gasteiger partial charge on any atom is 0.0967 e. The minimum Gasteiger partial charge on any atom is -0.388 e. The highest BCUT2D eigenvalue weighted by atomic mass is 16.7. The molecule has 1 aliphatic rings. The topological polar surface area (TPSA) is 41.9 Å². The molecule has 0 aromatic heterocycles. The summed E-state index contributed by atoms with van der Waals surface area (Å²) in [6.07, 6.45) is 3.80. The molecule has 0 aliphatic carbocycles. The predicted octanol–water partition coefficient (Wildman–Crippen LogP) is 2.91. The van der Waals surface area contributed by atoms with Crippen LogP contribution >= 0.6 is 0 Å². The lowest BCUT2D eigenvalue weighted by atomic mass is 9.80. The van der Waals surface area contributed by atoms with Crippen LogP contribution in [-0.2, 0) is 9.57 Å². The predicted molar refractivity (Wildman–Crippen MR) is 81.4 cm³/mol. The highest BCUT2D eigenvalue weighted by Gasteiger charge is 2.47. The SMILES string of the molecule is C=CCOC1CC(C)(C)N(OCC(C)(C)O)C(C)(C)C1. The number of ether oxygens (including phenoxy) is 1. The van der Waals surface area contributed by atoms with E-state index in [-0.39, 0.29) is 23.8 Å². The zero-order valence-electron chi connectivity index (χ0n) is 13.9. The standard InChI is InChI=1S/C16H31NO3/c1-8-9-19-13-10-14(2,3)17(15(4,5)11-13)20-12-16(6,7)18/h8,13,18H,1,9-12H2,2-7H3. The average Bonchev–Trinajstić information content (AvgIpc) is 2.21. The van der Waals surface area contributed by atoms with Crippen LogP contribution in [0.3, 0.4) is 0 Å². The van der Waals surface area contributed by atoms with E-state index in [1.165, 1.54) is 0 Å². The molecule has 1 rings (SSSR count). The molecule has 0 radical (unpaired) electrons. The quantitative estimate of drug-likeness (QED) is 0.762. The first-order chi connectivity index (χ1) is 8.98.